The van der Waals surface area contributed by atoms with E-state index in [0.29, 0.717) is 23.9 Å². The first-order chi connectivity index (χ1) is 13.0. The lowest BCUT2D eigenvalue weighted by Gasteiger charge is -2.19. The second-order valence-corrected chi connectivity index (χ2v) is 9.34. The van der Waals surface area contributed by atoms with Gasteiger partial charge in [-0.2, -0.15) is 4.31 Å². The van der Waals surface area contributed by atoms with Gasteiger partial charge in [-0.05, 0) is 42.7 Å². The number of halogens is 1. The van der Waals surface area contributed by atoms with Crippen LogP contribution in [-0.2, 0) is 15.8 Å². The van der Waals surface area contributed by atoms with Crippen LogP contribution in [0.2, 0.25) is 0 Å². The number of hydrogen-bond donors (Lipinski definition) is 0. The minimum Gasteiger partial charge on any atom is -0.494 e. The second-order valence-electron chi connectivity index (χ2n) is 6.41. The largest absolute Gasteiger partial charge is 0.494 e. The van der Waals surface area contributed by atoms with Gasteiger partial charge in [-0.1, -0.05) is 18.9 Å². The number of aromatic nitrogens is 1. The van der Waals surface area contributed by atoms with Crippen LogP contribution in [0.15, 0.2) is 46.5 Å². The molecule has 5 nitrogen and oxygen atoms in total. The molecule has 2 heterocycles. The van der Waals surface area contributed by atoms with Crippen LogP contribution in [0.4, 0.5) is 4.39 Å². The maximum Gasteiger partial charge on any atom is 0.244 e. The van der Waals surface area contributed by atoms with Crippen molar-refractivity contribution >= 4 is 21.8 Å². The molecule has 2 aromatic rings. The summed E-state index contributed by atoms with van der Waals surface area (Å²) in [7, 11) is -2.06. The molecule has 27 heavy (non-hydrogen) atoms. The Morgan fingerprint density at radius 3 is 2.48 bits per heavy atom. The number of sulfonamides is 1. The fourth-order valence-corrected chi connectivity index (χ4v) is 5.24. The second kappa shape index (κ2) is 9.03. The molecule has 0 radical (unpaired) electrons. The monoisotopic (exact) mass is 410 g/mol. The Bertz CT molecular complexity index is 865. The fourth-order valence-electron chi connectivity index (χ4n) is 2.99. The predicted molar refractivity (Wildman–Crippen MR) is 104 cm³/mol. The van der Waals surface area contributed by atoms with Crippen molar-refractivity contribution in [1.82, 2.24) is 9.29 Å². The molecule has 0 N–H and O–H groups in total. The zero-order valence-electron chi connectivity index (χ0n) is 15.2. The normalized spacial score (nSPS) is 16.1. The van der Waals surface area contributed by atoms with Crippen molar-refractivity contribution in [3.8, 4) is 5.75 Å². The zero-order valence-corrected chi connectivity index (χ0v) is 16.9. The van der Waals surface area contributed by atoms with Gasteiger partial charge in [0.2, 0.25) is 10.0 Å². The van der Waals surface area contributed by atoms with Crippen LogP contribution >= 0.6 is 11.8 Å². The van der Waals surface area contributed by atoms with E-state index in [1.807, 2.05) is 0 Å². The van der Waals surface area contributed by atoms with Gasteiger partial charge < -0.3 is 4.74 Å². The van der Waals surface area contributed by atoms with E-state index in [4.69, 9.17) is 4.74 Å². The summed E-state index contributed by atoms with van der Waals surface area (Å²) in [6.45, 7) is 1.14. The van der Waals surface area contributed by atoms with E-state index in [2.05, 4.69) is 4.98 Å². The van der Waals surface area contributed by atoms with E-state index in [9.17, 15) is 12.8 Å². The van der Waals surface area contributed by atoms with Crippen LogP contribution in [0.1, 0.15) is 31.2 Å². The van der Waals surface area contributed by atoms with Crippen LogP contribution in [0, 0.1) is 5.82 Å². The predicted octanol–water partition coefficient (Wildman–Crippen LogP) is 4.09. The van der Waals surface area contributed by atoms with Gasteiger partial charge in [0.1, 0.15) is 4.90 Å². The summed E-state index contributed by atoms with van der Waals surface area (Å²) in [5, 5.41) is 0.695. The molecule has 1 aromatic heterocycles. The number of methoxy groups -OCH3 is 1. The Morgan fingerprint density at radius 1 is 1.15 bits per heavy atom. The number of pyridine rings is 1. The first-order valence-electron chi connectivity index (χ1n) is 8.92. The topological polar surface area (TPSA) is 59.5 Å². The highest BCUT2D eigenvalue weighted by Gasteiger charge is 2.25. The highest BCUT2D eigenvalue weighted by Crippen LogP contribution is 2.26. The number of rotatable bonds is 6. The molecular weight excluding hydrogens is 387 g/mol. The summed E-state index contributed by atoms with van der Waals surface area (Å²) in [5.41, 5.74) is 0.807. The summed E-state index contributed by atoms with van der Waals surface area (Å²) in [5.74, 6) is 0.346. The van der Waals surface area contributed by atoms with Crippen molar-refractivity contribution in [2.24, 2.45) is 0 Å². The third-order valence-electron chi connectivity index (χ3n) is 4.51. The summed E-state index contributed by atoms with van der Waals surface area (Å²) < 4.78 is 45.7. The van der Waals surface area contributed by atoms with Crippen molar-refractivity contribution in [1.29, 1.82) is 0 Å². The van der Waals surface area contributed by atoms with Gasteiger partial charge in [0, 0.05) is 25.0 Å². The minimum absolute atomic E-state index is 0.213. The average Bonchev–Trinajstić information content (AvgIpc) is 2.97. The van der Waals surface area contributed by atoms with Crippen LogP contribution in [0.3, 0.4) is 0 Å². The van der Waals surface area contributed by atoms with Crippen LogP contribution in [-0.4, -0.2) is 37.9 Å². The fraction of sp³-hybridized carbons (Fsp3) is 0.421. The lowest BCUT2D eigenvalue weighted by atomic mass is 10.2. The third-order valence-corrected chi connectivity index (χ3v) is 7.41. The van der Waals surface area contributed by atoms with Gasteiger partial charge in [-0.25, -0.2) is 17.8 Å². The smallest absolute Gasteiger partial charge is 0.244 e. The molecule has 0 aliphatic carbocycles. The lowest BCUT2D eigenvalue weighted by molar-refractivity contribution is 0.386. The Morgan fingerprint density at radius 2 is 1.89 bits per heavy atom. The van der Waals surface area contributed by atoms with Gasteiger partial charge >= 0.3 is 0 Å². The van der Waals surface area contributed by atoms with E-state index >= 15 is 0 Å². The van der Waals surface area contributed by atoms with Crippen molar-refractivity contribution in [3.05, 3.63) is 47.9 Å². The van der Waals surface area contributed by atoms with Crippen LogP contribution in [0.5, 0.6) is 5.75 Å². The van der Waals surface area contributed by atoms with E-state index in [1.54, 1.807) is 28.6 Å². The summed E-state index contributed by atoms with van der Waals surface area (Å²) >= 11 is 1.43. The Balaban J connectivity index is 1.65. The molecule has 3 rings (SSSR count). The number of ether oxygens (including phenoxy) is 1. The molecule has 0 saturated carbocycles. The number of benzene rings is 1. The molecular formula is C19H23FN2O3S2. The zero-order chi connectivity index (χ0) is 19.3. The number of hydrogen-bond acceptors (Lipinski definition) is 5. The molecule has 1 aliphatic heterocycles. The first kappa shape index (κ1) is 20.1. The Labute approximate surface area is 164 Å². The van der Waals surface area contributed by atoms with E-state index < -0.39 is 15.8 Å². The van der Waals surface area contributed by atoms with Crippen molar-refractivity contribution in [2.45, 2.75) is 41.4 Å². The molecule has 146 valence electrons. The lowest BCUT2D eigenvalue weighted by Crippen LogP contribution is -2.32. The van der Waals surface area contributed by atoms with Crippen LogP contribution < -0.4 is 4.74 Å². The highest BCUT2D eigenvalue weighted by atomic mass is 32.2. The molecule has 0 spiro atoms. The van der Waals surface area contributed by atoms with Gasteiger partial charge in [-0.3, -0.25) is 0 Å². The van der Waals surface area contributed by atoms with Gasteiger partial charge in [0.15, 0.2) is 11.6 Å². The van der Waals surface area contributed by atoms with Crippen molar-refractivity contribution in [2.75, 3.05) is 20.2 Å². The molecule has 0 amide bonds. The van der Waals surface area contributed by atoms with Gasteiger partial charge in [0.25, 0.3) is 0 Å². The van der Waals surface area contributed by atoms with E-state index in [1.165, 1.54) is 31.1 Å². The molecule has 8 heteroatoms. The number of thioether (sulfide) groups is 1. The maximum atomic E-state index is 13.7. The maximum absolute atomic E-state index is 13.7. The van der Waals surface area contributed by atoms with Crippen LogP contribution in [0.25, 0.3) is 0 Å². The molecule has 0 bridgehead atoms. The molecule has 0 atom stereocenters. The van der Waals surface area contributed by atoms with E-state index in [0.717, 1.165) is 31.2 Å². The highest BCUT2D eigenvalue weighted by molar-refractivity contribution is 7.98. The third kappa shape index (κ3) is 5.00. The number of nitrogens with zero attached hydrogens (tertiary/aromatic N) is 2. The van der Waals surface area contributed by atoms with E-state index in [-0.39, 0.29) is 10.6 Å². The standard InChI is InChI=1S/C19H23FN2O3S2/c1-25-18-8-6-15(12-17(18)20)14-26-19-9-7-16(13-21-19)27(23,24)22-10-4-2-3-5-11-22/h6-9,12-13H,2-5,10-11,14H2,1H3. The molecule has 1 fully saturated rings. The van der Waals surface area contributed by atoms with Gasteiger partial charge in [-0.15, -0.1) is 11.8 Å². The van der Waals surface area contributed by atoms with Crippen molar-refractivity contribution in [3.63, 3.8) is 0 Å². The Kier molecular flexibility index (Phi) is 6.73. The SMILES string of the molecule is COc1ccc(CSc2ccc(S(=O)(=O)N3CCCCCC3)cn2)cc1F. The quantitative estimate of drug-likeness (QED) is 0.672. The molecule has 1 saturated heterocycles. The molecule has 0 unspecified atom stereocenters. The minimum atomic E-state index is -3.48. The Hall–Kier alpha value is -1.64. The van der Waals surface area contributed by atoms with Crippen molar-refractivity contribution < 1.29 is 17.5 Å². The summed E-state index contributed by atoms with van der Waals surface area (Å²) in [6.07, 6.45) is 5.37. The van der Waals surface area contributed by atoms with Gasteiger partial charge in [0.05, 0.1) is 12.1 Å². The average molecular weight is 411 g/mol. The molecule has 1 aromatic carbocycles. The molecule has 1 aliphatic rings. The first-order valence-corrected chi connectivity index (χ1v) is 11.3. The summed E-state index contributed by atoms with van der Waals surface area (Å²) in [6, 6.07) is 8.13. The summed E-state index contributed by atoms with van der Waals surface area (Å²) in [4.78, 5) is 4.50.